The van der Waals surface area contributed by atoms with Crippen LogP contribution in [0.2, 0.25) is 0 Å². The molecule has 1 saturated heterocycles. The van der Waals surface area contributed by atoms with Crippen LogP contribution in [0.15, 0.2) is 0 Å². The van der Waals surface area contributed by atoms with E-state index >= 15 is 0 Å². The molecular formula is C11H24N2O. The van der Waals surface area contributed by atoms with Crippen molar-refractivity contribution in [3.05, 3.63) is 0 Å². The van der Waals surface area contributed by atoms with E-state index in [2.05, 4.69) is 45.1 Å². The van der Waals surface area contributed by atoms with E-state index in [0.29, 0.717) is 5.41 Å². The zero-order valence-electron chi connectivity index (χ0n) is 10.2. The van der Waals surface area contributed by atoms with E-state index in [1.54, 1.807) is 0 Å². The second-order valence-electron chi connectivity index (χ2n) is 5.61. The molecular weight excluding hydrogens is 176 g/mol. The van der Waals surface area contributed by atoms with Crippen molar-refractivity contribution in [2.45, 2.75) is 26.3 Å². The Hall–Kier alpha value is -0.120. The molecule has 0 unspecified atom stereocenters. The number of rotatable bonds is 5. The number of nitrogens with zero attached hydrogens (tertiary/aromatic N) is 1. The van der Waals surface area contributed by atoms with Gasteiger partial charge in [-0.2, -0.15) is 0 Å². The second-order valence-corrected chi connectivity index (χ2v) is 5.61. The van der Waals surface area contributed by atoms with Crippen molar-refractivity contribution in [1.29, 1.82) is 0 Å². The van der Waals surface area contributed by atoms with E-state index in [4.69, 9.17) is 4.74 Å². The van der Waals surface area contributed by atoms with E-state index in [1.807, 2.05) is 0 Å². The molecule has 0 aromatic heterocycles. The van der Waals surface area contributed by atoms with Crippen LogP contribution in [-0.2, 0) is 4.74 Å². The van der Waals surface area contributed by atoms with Crippen LogP contribution in [0.25, 0.3) is 0 Å². The lowest BCUT2D eigenvalue weighted by Gasteiger charge is -2.40. The Bertz CT molecular complexity index is 186. The van der Waals surface area contributed by atoms with Gasteiger partial charge in [-0.15, -0.1) is 0 Å². The standard InChI is InChI=1S/C11H24N2O/c1-10(2,13(4)5)6-12-7-11(3)8-14-9-11/h12H,6-9H2,1-5H3. The third-order valence-electron chi connectivity index (χ3n) is 3.22. The summed E-state index contributed by atoms with van der Waals surface area (Å²) < 4.78 is 5.22. The van der Waals surface area contributed by atoms with Gasteiger partial charge in [0, 0.05) is 24.0 Å². The molecule has 0 atom stereocenters. The van der Waals surface area contributed by atoms with Gasteiger partial charge in [-0.3, -0.25) is 0 Å². The summed E-state index contributed by atoms with van der Waals surface area (Å²) in [4.78, 5) is 2.25. The van der Waals surface area contributed by atoms with E-state index in [-0.39, 0.29) is 5.54 Å². The monoisotopic (exact) mass is 200 g/mol. The van der Waals surface area contributed by atoms with Gasteiger partial charge >= 0.3 is 0 Å². The molecule has 0 bridgehead atoms. The van der Waals surface area contributed by atoms with Crippen molar-refractivity contribution in [2.75, 3.05) is 40.4 Å². The van der Waals surface area contributed by atoms with Gasteiger partial charge in [0.15, 0.2) is 0 Å². The summed E-state index contributed by atoms with van der Waals surface area (Å²) in [6.07, 6.45) is 0. The Morgan fingerprint density at radius 3 is 2.29 bits per heavy atom. The van der Waals surface area contributed by atoms with Crippen molar-refractivity contribution in [3.63, 3.8) is 0 Å². The van der Waals surface area contributed by atoms with Crippen LogP contribution in [-0.4, -0.2) is 50.8 Å². The Labute approximate surface area is 87.8 Å². The molecule has 1 rings (SSSR count). The van der Waals surface area contributed by atoms with Gasteiger partial charge in [0.2, 0.25) is 0 Å². The summed E-state index contributed by atoms with van der Waals surface area (Å²) in [6, 6.07) is 0. The molecule has 1 aliphatic heterocycles. The first-order valence-electron chi connectivity index (χ1n) is 5.32. The minimum Gasteiger partial charge on any atom is -0.380 e. The predicted molar refractivity (Wildman–Crippen MR) is 59.6 cm³/mol. The third-order valence-corrected chi connectivity index (χ3v) is 3.22. The summed E-state index contributed by atoms with van der Waals surface area (Å²) in [6.45, 7) is 10.7. The Morgan fingerprint density at radius 1 is 1.36 bits per heavy atom. The highest BCUT2D eigenvalue weighted by molar-refractivity contribution is 4.86. The fraction of sp³-hybridized carbons (Fsp3) is 1.00. The quantitative estimate of drug-likeness (QED) is 0.715. The molecule has 1 N–H and O–H groups in total. The van der Waals surface area contributed by atoms with Gasteiger partial charge in [0.1, 0.15) is 0 Å². The van der Waals surface area contributed by atoms with Crippen LogP contribution in [0.1, 0.15) is 20.8 Å². The van der Waals surface area contributed by atoms with Crippen LogP contribution in [0.3, 0.4) is 0 Å². The highest BCUT2D eigenvalue weighted by Crippen LogP contribution is 2.25. The third kappa shape index (κ3) is 2.94. The predicted octanol–water partition coefficient (Wildman–Crippen LogP) is 0.953. The Morgan fingerprint density at radius 2 is 1.93 bits per heavy atom. The fourth-order valence-electron chi connectivity index (χ4n) is 1.38. The summed E-state index contributed by atoms with van der Waals surface area (Å²) >= 11 is 0. The smallest absolute Gasteiger partial charge is 0.0554 e. The first-order chi connectivity index (χ1) is 6.36. The molecule has 1 aliphatic rings. The first-order valence-corrected chi connectivity index (χ1v) is 5.32. The zero-order valence-corrected chi connectivity index (χ0v) is 10.2. The van der Waals surface area contributed by atoms with Crippen molar-refractivity contribution in [3.8, 4) is 0 Å². The number of likely N-dealkylation sites (N-methyl/N-ethyl adjacent to an activating group) is 1. The summed E-state index contributed by atoms with van der Waals surface area (Å²) in [5.41, 5.74) is 0.601. The summed E-state index contributed by atoms with van der Waals surface area (Å²) in [5.74, 6) is 0. The van der Waals surface area contributed by atoms with Crippen LogP contribution < -0.4 is 5.32 Å². The minimum absolute atomic E-state index is 0.223. The number of ether oxygens (including phenoxy) is 1. The molecule has 0 amide bonds. The SMILES string of the molecule is CN(C)C(C)(C)CNCC1(C)COC1. The lowest BCUT2D eigenvalue weighted by Crippen LogP contribution is -2.52. The molecule has 0 aliphatic carbocycles. The average Bonchev–Trinajstić information content (AvgIpc) is 2.00. The van der Waals surface area contributed by atoms with Crippen LogP contribution in [0, 0.1) is 5.41 Å². The Balaban J connectivity index is 2.20. The fourth-order valence-corrected chi connectivity index (χ4v) is 1.38. The van der Waals surface area contributed by atoms with E-state index < -0.39 is 0 Å². The molecule has 14 heavy (non-hydrogen) atoms. The van der Waals surface area contributed by atoms with Gasteiger partial charge in [0.05, 0.1) is 13.2 Å². The maximum absolute atomic E-state index is 5.22. The largest absolute Gasteiger partial charge is 0.380 e. The van der Waals surface area contributed by atoms with Gasteiger partial charge in [-0.05, 0) is 27.9 Å². The van der Waals surface area contributed by atoms with E-state index in [9.17, 15) is 0 Å². The molecule has 0 saturated carbocycles. The maximum Gasteiger partial charge on any atom is 0.0554 e. The van der Waals surface area contributed by atoms with Crippen LogP contribution >= 0.6 is 0 Å². The van der Waals surface area contributed by atoms with E-state index in [0.717, 1.165) is 26.3 Å². The molecule has 0 radical (unpaired) electrons. The topological polar surface area (TPSA) is 24.5 Å². The van der Waals surface area contributed by atoms with Crippen molar-refractivity contribution in [2.24, 2.45) is 5.41 Å². The van der Waals surface area contributed by atoms with E-state index in [1.165, 1.54) is 0 Å². The molecule has 3 nitrogen and oxygen atoms in total. The molecule has 1 fully saturated rings. The normalized spacial score (nSPS) is 21.0. The molecule has 0 aromatic rings. The van der Waals surface area contributed by atoms with Crippen LogP contribution in [0.5, 0.6) is 0 Å². The molecule has 3 heteroatoms. The Kier molecular flexibility index (Phi) is 3.56. The molecule has 0 aromatic carbocycles. The van der Waals surface area contributed by atoms with Gasteiger partial charge < -0.3 is 15.0 Å². The molecule has 84 valence electrons. The summed E-state index contributed by atoms with van der Waals surface area (Å²) in [7, 11) is 4.24. The minimum atomic E-state index is 0.223. The lowest BCUT2D eigenvalue weighted by atomic mass is 9.88. The van der Waals surface area contributed by atoms with Crippen LogP contribution in [0.4, 0.5) is 0 Å². The highest BCUT2D eigenvalue weighted by atomic mass is 16.5. The highest BCUT2D eigenvalue weighted by Gasteiger charge is 2.33. The van der Waals surface area contributed by atoms with Crippen molar-refractivity contribution >= 4 is 0 Å². The molecule has 1 heterocycles. The van der Waals surface area contributed by atoms with Gasteiger partial charge in [-0.1, -0.05) is 6.92 Å². The van der Waals surface area contributed by atoms with Crippen molar-refractivity contribution < 1.29 is 4.74 Å². The summed E-state index contributed by atoms with van der Waals surface area (Å²) in [5, 5.41) is 3.53. The number of hydrogen-bond donors (Lipinski definition) is 1. The van der Waals surface area contributed by atoms with Gasteiger partial charge in [-0.25, -0.2) is 0 Å². The maximum atomic E-state index is 5.22. The first kappa shape index (κ1) is 12.0. The lowest BCUT2D eigenvalue weighted by molar-refractivity contribution is -0.0996. The van der Waals surface area contributed by atoms with Crippen molar-refractivity contribution in [1.82, 2.24) is 10.2 Å². The zero-order chi connectivity index (χ0) is 10.8. The average molecular weight is 200 g/mol. The van der Waals surface area contributed by atoms with Gasteiger partial charge in [0.25, 0.3) is 0 Å². The number of nitrogens with one attached hydrogen (secondary N) is 1. The second kappa shape index (κ2) is 4.17. The number of hydrogen-bond acceptors (Lipinski definition) is 3. The molecule has 0 spiro atoms.